The van der Waals surface area contributed by atoms with E-state index in [9.17, 15) is 8.42 Å². The average molecular weight is 234 g/mol. The van der Waals surface area contributed by atoms with Crippen LogP contribution in [0, 0.1) is 6.92 Å². The molecule has 0 aliphatic heterocycles. The van der Waals surface area contributed by atoms with E-state index in [0.29, 0.717) is 11.6 Å². The van der Waals surface area contributed by atoms with Crippen molar-refractivity contribution in [3.8, 4) is 0 Å². The van der Waals surface area contributed by atoms with Crippen LogP contribution in [0.3, 0.4) is 0 Å². The monoisotopic (exact) mass is 234 g/mol. The van der Waals surface area contributed by atoms with Gasteiger partial charge in [-0.2, -0.15) is 0 Å². The van der Waals surface area contributed by atoms with Crippen LogP contribution in [-0.2, 0) is 10.0 Å². The first-order chi connectivity index (χ1) is 6.47. The standard InChI is InChI=1S/C8H14N2O2S2/c1-4-5-14(11,12)10(3)8-9-7(2)6-13-8/h6H,4-5H2,1-3H3. The van der Waals surface area contributed by atoms with Gasteiger partial charge in [-0.3, -0.25) is 0 Å². The lowest BCUT2D eigenvalue weighted by Gasteiger charge is -2.15. The molecule has 1 rings (SSSR count). The summed E-state index contributed by atoms with van der Waals surface area (Å²) in [5.74, 6) is 0.169. The number of aryl methyl sites for hydroxylation is 1. The van der Waals surface area contributed by atoms with Crippen LogP contribution in [0.4, 0.5) is 5.13 Å². The molecule has 0 saturated heterocycles. The largest absolute Gasteiger partial charge is 0.248 e. The van der Waals surface area contributed by atoms with E-state index < -0.39 is 10.0 Å². The Labute approximate surface area is 88.6 Å². The molecular weight excluding hydrogens is 220 g/mol. The maximum Gasteiger partial charge on any atom is 0.236 e. The van der Waals surface area contributed by atoms with Gasteiger partial charge in [0.2, 0.25) is 10.0 Å². The molecule has 0 aromatic carbocycles. The predicted octanol–water partition coefficient (Wildman–Crippen LogP) is 1.63. The van der Waals surface area contributed by atoms with Crippen LogP contribution in [0.1, 0.15) is 19.0 Å². The van der Waals surface area contributed by atoms with Crippen LogP contribution in [0.25, 0.3) is 0 Å². The van der Waals surface area contributed by atoms with Crippen LogP contribution in [0.15, 0.2) is 5.38 Å². The van der Waals surface area contributed by atoms with Gasteiger partial charge in [0, 0.05) is 12.4 Å². The lowest BCUT2D eigenvalue weighted by Crippen LogP contribution is -2.28. The SMILES string of the molecule is CCCS(=O)(=O)N(C)c1nc(C)cs1. The summed E-state index contributed by atoms with van der Waals surface area (Å²) >= 11 is 1.35. The number of anilines is 1. The van der Waals surface area contributed by atoms with E-state index in [1.54, 1.807) is 7.05 Å². The topological polar surface area (TPSA) is 50.3 Å². The second-order valence-corrected chi connectivity index (χ2v) is 6.01. The second-order valence-electron chi connectivity index (χ2n) is 3.05. The predicted molar refractivity (Wildman–Crippen MR) is 59.3 cm³/mol. The first-order valence-electron chi connectivity index (χ1n) is 4.36. The van der Waals surface area contributed by atoms with Gasteiger partial charge < -0.3 is 0 Å². The van der Waals surface area contributed by atoms with Crippen molar-refractivity contribution in [3.05, 3.63) is 11.1 Å². The van der Waals surface area contributed by atoms with E-state index in [1.165, 1.54) is 15.6 Å². The Bertz CT molecular complexity index is 397. The number of hydrogen-bond acceptors (Lipinski definition) is 4. The highest BCUT2D eigenvalue weighted by Gasteiger charge is 2.19. The summed E-state index contributed by atoms with van der Waals surface area (Å²) in [6.07, 6.45) is 0.622. The third-order valence-electron chi connectivity index (χ3n) is 1.76. The Hall–Kier alpha value is -0.620. The van der Waals surface area contributed by atoms with Crippen molar-refractivity contribution in [1.29, 1.82) is 0 Å². The molecule has 1 heterocycles. The maximum absolute atomic E-state index is 11.6. The lowest BCUT2D eigenvalue weighted by molar-refractivity contribution is 0.593. The summed E-state index contributed by atoms with van der Waals surface area (Å²) in [5.41, 5.74) is 0.851. The van der Waals surface area contributed by atoms with Crippen LogP contribution in [-0.4, -0.2) is 26.2 Å². The van der Waals surface area contributed by atoms with Crippen molar-refractivity contribution in [1.82, 2.24) is 4.98 Å². The molecule has 0 aliphatic carbocycles. The van der Waals surface area contributed by atoms with E-state index in [1.807, 2.05) is 19.2 Å². The Morgan fingerprint density at radius 1 is 1.57 bits per heavy atom. The highest BCUT2D eigenvalue weighted by Crippen LogP contribution is 2.21. The third-order valence-corrected chi connectivity index (χ3v) is 4.84. The lowest BCUT2D eigenvalue weighted by atomic mass is 10.6. The number of hydrogen-bond donors (Lipinski definition) is 0. The second kappa shape index (κ2) is 4.27. The van der Waals surface area contributed by atoms with Gasteiger partial charge in [-0.25, -0.2) is 17.7 Å². The molecule has 0 atom stereocenters. The molecule has 0 fully saturated rings. The highest BCUT2D eigenvalue weighted by molar-refractivity contribution is 7.92. The molecule has 0 radical (unpaired) electrons. The molecule has 0 bridgehead atoms. The van der Waals surface area contributed by atoms with Crippen molar-refractivity contribution in [2.75, 3.05) is 17.1 Å². The Kier molecular flexibility index (Phi) is 3.49. The zero-order valence-electron chi connectivity index (χ0n) is 8.52. The van der Waals surface area contributed by atoms with Gasteiger partial charge in [-0.1, -0.05) is 6.92 Å². The smallest absolute Gasteiger partial charge is 0.236 e. The van der Waals surface area contributed by atoms with Crippen LogP contribution < -0.4 is 4.31 Å². The van der Waals surface area contributed by atoms with E-state index in [-0.39, 0.29) is 5.75 Å². The molecule has 1 aromatic rings. The Morgan fingerprint density at radius 2 is 2.21 bits per heavy atom. The minimum Gasteiger partial charge on any atom is -0.248 e. The van der Waals surface area contributed by atoms with E-state index in [2.05, 4.69) is 4.98 Å². The van der Waals surface area contributed by atoms with E-state index in [0.717, 1.165) is 5.69 Å². The molecule has 0 N–H and O–H groups in total. The van der Waals surface area contributed by atoms with Crippen molar-refractivity contribution < 1.29 is 8.42 Å². The zero-order valence-corrected chi connectivity index (χ0v) is 10.2. The van der Waals surface area contributed by atoms with Crippen molar-refractivity contribution in [2.24, 2.45) is 0 Å². The van der Waals surface area contributed by atoms with Gasteiger partial charge >= 0.3 is 0 Å². The van der Waals surface area contributed by atoms with Gasteiger partial charge in [0.05, 0.1) is 11.4 Å². The fraction of sp³-hybridized carbons (Fsp3) is 0.625. The van der Waals surface area contributed by atoms with Gasteiger partial charge in [0.1, 0.15) is 0 Å². The fourth-order valence-corrected chi connectivity index (χ4v) is 3.21. The molecule has 0 aliphatic rings. The Morgan fingerprint density at radius 3 is 2.64 bits per heavy atom. The van der Waals surface area contributed by atoms with Crippen molar-refractivity contribution >= 4 is 26.5 Å². The van der Waals surface area contributed by atoms with Gasteiger partial charge in [0.25, 0.3) is 0 Å². The number of nitrogens with zero attached hydrogens (tertiary/aromatic N) is 2. The summed E-state index contributed by atoms with van der Waals surface area (Å²) in [7, 11) is -1.62. The van der Waals surface area contributed by atoms with E-state index in [4.69, 9.17) is 0 Å². The molecular formula is C8H14N2O2S2. The van der Waals surface area contributed by atoms with Gasteiger partial charge in [-0.15, -0.1) is 11.3 Å². The van der Waals surface area contributed by atoms with E-state index >= 15 is 0 Å². The van der Waals surface area contributed by atoms with Crippen molar-refractivity contribution in [3.63, 3.8) is 0 Å². The number of aromatic nitrogens is 1. The number of thiazole rings is 1. The molecule has 4 nitrogen and oxygen atoms in total. The first-order valence-corrected chi connectivity index (χ1v) is 6.85. The maximum atomic E-state index is 11.6. The Balaban J connectivity index is 2.90. The van der Waals surface area contributed by atoms with Crippen LogP contribution in [0.2, 0.25) is 0 Å². The van der Waals surface area contributed by atoms with Crippen LogP contribution in [0.5, 0.6) is 0 Å². The zero-order chi connectivity index (χ0) is 10.8. The summed E-state index contributed by atoms with van der Waals surface area (Å²) in [4.78, 5) is 4.12. The highest BCUT2D eigenvalue weighted by atomic mass is 32.2. The molecule has 0 spiro atoms. The van der Waals surface area contributed by atoms with Gasteiger partial charge in [0.15, 0.2) is 5.13 Å². The third kappa shape index (κ3) is 2.45. The minimum absolute atomic E-state index is 0.169. The average Bonchev–Trinajstić information content (AvgIpc) is 2.50. The summed E-state index contributed by atoms with van der Waals surface area (Å²) in [6.45, 7) is 3.69. The number of rotatable bonds is 4. The summed E-state index contributed by atoms with van der Waals surface area (Å²) in [6, 6.07) is 0. The molecule has 6 heteroatoms. The van der Waals surface area contributed by atoms with Crippen LogP contribution >= 0.6 is 11.3 Å². The van der Waals surface area contributed by atoms with Gasteiger partial charge in [-0.05, 0) is 13.3 Å². The normalized spacial score (nSPS) is 11.6. The first kappa shape index (κ1) is 11.5. The molecule has 80 valence electrons. The number of sulfonamides is 1. The molecule has 0 amide bonds. The summed E-state index contributed by atoms with van der Waals surface area (Å²) in [5, 5.41) is 2.38. The molecule has 0 unspecified atom stereocenters. The van der Waals surface area contributed by atoms with Crippen molar-refractivity contribution in [2.45, 2.75) is 20.3 Å². The molecule has 0 saturated carbocycles. The summed E-state index contributed by atoms with van der Waals surface area (Å²) < 4.78 is 24.5. The molecule has 1 aromatic heterocycles. The molecule has 14 heavy (non-hydrogen) atoms. The fourth-order valence-electron chi connectivity index (χ4n) is 1.00. The minimum atomic E-state index is -3.17. The quantitative estimate of drug-likeness (QED) is 0.795.